The molecule has 1 rings (SSSR count). The van der Waals surface area contributed by atoms with Crippen molar-refractivity contribution < 1.29 is 0 Å². The lowest BCUT2D eigenvalue weighted by atomic mass is 10.3. The minimum absolute atomic E-state index is 0.150. The summed E-state index contributed by atoms with van der Waals surface area (Å²) in [4.78, 5) is 3.99. The van der Waals surface area contributed by atoms with Gasteiger partial charge in [0.2, 0.25) is 0 Å². The zero-order valence-corrected chi connectivity index (χ0v) is 7.47. The summed E-state index contributed by atoms with van der Waals surface area (Å²) in [5.41, 5.74) is 6.03. The number of hydrogen-bond acceptors (Lipinski definition) is 2. The van der Waals surface area contributed by atoms with Gasteiger partial charge in [0.05, 0.1) is 11.1 Å². The van der Waals surface area contributed by atoms with Crippen molar-refractivity contribution in [3.63, 3.8) is 0 Å². The Kier molecular flexibility index (Phi) is 3.09. The summed E-state index contributed by atoms with van der Waals surface area (Å²) >= 11 is 5.80. The number of nitrogens with zero attached hydrogens (tertiary/aromatic N) is 1. The predicted molar refractivity (Wildman–Crippen MR) is 49.8 cm³/mol. The maximum atomic E-state index is 5.80. The normalized spacial score (nSPS) is 11.6. The lowest BCUT2D eigenvalue weighted by Crippen LogP contribution is -2.11. The van der Waals surface area contributed by atoms with E-state index in [-0.39, 0.29) is 6.04 Å². The molecule has 0 radical (unpaired) electrons. The second-order valence-electron chi connectivity index (χ2n) is 2.39. The molecular weight excluding hydrogens is 172 g/mol. The summed E-state index contributed by atoms with van der Waals surface area (Å²) in [7, 11) is 0. The van der Waals surface area contributed by atoms with Gasteiger partial charge in [0, 0.05) is 6.20 Å². The molecule has 2 N–H and O–H groups in total. The number of rotatable bonds is 0. The van der Waals surface area contributed by atoms with Crippen LogP contribution in [0.3, 0.4) is 0 Å². The molecule has 1 atom stereocenters. The first-order valence-electron chi connectivity index (χ1n) is 3.58. The minimum atomic E-state index is -0.150. The van der Waals surface area contributed by atoms with Crippen LogP contribution < -0.4 is 5.73 Å². The van der Waals surface area contributed by atoms with E-state index < -0.39 is 0 Å². The Hall–Kier alpha value is -1.04. The average Bonchev–Trinajstić information content (AvgIpc) is 2.03. The fraction of sp³-hybridized carbons (Fsp3) is 0.222. The fourth-order valence-electron chi connectivity index (χ4n) is 0.660. The van der Waals surface area contributed by atoms with Crippen molar-refractivity contribution in [1.29, 1.82) is 0 Å². The van der Waals surface area contributed by atoms with Crippen LogP contribution in [0.1, 0.15) is 12.6 Å². The number of aromatic nitrogens is 1. The van der Waals surface area contributed by atoms with Crippen LogP contribution in [-0.4, -0.2) is 11.0 Å². The van der Waals surface area contributed by atoms with Gasteiger partial charge in [-0.25, -0.2) is 4.98 Å². The van der Waals surface area contributed by atoms with Crippen LogP contribution in [0.2, 0.25) is 5.02 Å². The van der Waals surface area contributed by atoms with Crippen molar-refractivity contribution >= 4 is 11.6 Å². The van der Waals surface area contributed by atoms with Crippen LogP contribution in [0.15, 0.2) is 18.3 Å². The number of hydrogen-bond donors (Lipinski definition) is 1. The van der Waals surface area contributed by atoms with Crippen molar-refractivity contribution in [2.24, 2.45) is 5.73 Å². The third-order valence-electron chi connectivity index (χ3n) is 1.18. The first-order valence-corrected chi connectivity index (χ1v) is 3.95. The highest BCUT2D eigenvalue weighted by Gasteiger charge is 1.94. The van der Waals surface area contributed by atoms with E-state index in [0.29, 0.717) is 10.7 Å². The molecular formula is C9H9ClN2. The first-order chi connectivity index (χ1) is 5.70. The Balaban J connectivity index is 2.92. The van der Waals surface area contributed by atoms with Crippen molar-refractivity contribution in [3.05, 3.63) is 29.0 Å². The molecule has 2 nitrogen and oxygen atoms in total. The highest BCUT2D eigenvalue weighted by Crippen LogP contribution is 2.09. The molecule has 0 bridgehead atoms. The summed E-state index contributed by atoms with van der Waals surface area (Å²) in [6.45, 7) is 1.81. The summed E-state index contributed by atoms with van der Waals surface area (Å²) in [5.74, 6) is 5.58. The lowest BCUT2D eigenvalue weighted by Gasteiger charge is -1.92. The number of halogens is 1. The summed E-state index contributed by atoms with van der Waals surface area (Å²) in [6.07, 6.45) is 1.65. The largest absolute Gasteiger partial charge is 0.318 e. The quantitative estimate of drug-likeness (QED) is 0.614. The van der Waals surface area contributed by atoms with Crippen molar-refractivity contribution in [2.45, 2.75) is 13.0 Å². The lowest BCUT2D eigenvalue weighted by molar-refractivity contribution is 0.959. The van der Waals surface area contributed by atoms with Crippen LogP contribution in [0.5, 0.6) is 0 Å². The Morgan fingerprint density at radius 1 is 1.67 bits per heavy atom. The average molecular weight is 181 g/mol. The van der Waals surface area contributed by atoms with Crippen molar-refractivity contribution in [2.75, 3.05) is 0 Å². The van der Waals surface area contributed by atoms with Crippen molar-refractivity contribution in [3.8, 4) is 11.8 Å². The van der Waals surface area contributed by atoms with Gasteiger partial charge in [-0.15, -0.1) is 0 Å². The number of pyridine rings is 1. The van der Waals surface area contributed by atoms with Crippen LogP contribution in [0.25, 0.3) is 0 Å². The molecule has 0 saturated carbocycles. The number of nitrogens with two attached hydrogens (primary N) is 1. The summed E-state index contributed by atoms with van der Waals surface area (Å²) in [6, 6.07) is 3.36. The highest BCUT2D eigenvalue weighted by molar-refractivity contribution is 6.31. The Morgan fingerprint density at radius 3 is 3.00 bits per heavy atom. The van der Waals surface area contributed by atoms with Crippen molar-refractivity contribution in [1.82, 2.24) is 4.98 Å². The third kappa shape index (κ3) is 2.54. The zero-order valence-electron chi connectivity index (χ0n) is 6.71. The van der Waals surface area contributed by atoms with Crippen LogP contribution in [0, 0.1) is 11.8 Å². The molecule has 1 aromatic heterocycles. The van der Waals surface area contributed by atoms with E-state index in [1.165, 1.54) is 0 Å². The molecule has 0 aliphatic carbocycles. The monoisotopic (exact) mass is 180 g/mol. The molecule has 0 amide bonds. The van der Waals surface area contributed by atoms with Gasteiger partial charge in [0.25, 0.3) is 0 Å². The van der Waals surface area contributed by atoms with Crippen LogP contribution in [0.4, 0.5) is 0 Å². The van der Waals surface area contributed by atoms with Gasteiger partial charge in [0.15, 0.2) is 0 Å². The fourth-order valence-corrected chi connectivity index (χ4v) is 0.829. The second kappa shape index (κ2) is 4.10. The second-order valence-corrected chi connectivity index (χ2v) is 2.80. The maximum absolute atomic E-state index is 5.80. The molecule has 62 valence electrons. The van der Waals surface area contributed by atoms with E-state index in [1.807, 2.05) is 6.92 Å². The van der Waals surface area contributed by atoms with Gasteiger partial charge in [-0.05, 0) is 25.0 Å². The highest BCUT2D eigenvalue weighted by atomic mass is 35.5. The Bertz CT molecular complexity index is 323. The molecule has 1 unspecified atom stereocenters. The maximum Gasteiger partial charge on any atom is 0.131 e. The summed E-state index contributed by atoms with van der Waals surface area (Å²) in [5, 5.41) is 0.561. The topological polar surface area (TPSA) is 38.9 Å². The molecule has 0 aliphatic heterocycles. The molecule has 1 aromatic rings. The van der Waals surface area contributed by atoms with E-state index in [2.05, 4.69) is 16.8 Å². The van der Waals surface area contributed by atoms with E-state index in [0.717, 1.165) is 0 Å². The molecule has 1 heterocycles. The van der Waals surface area contributed by atoms with Gasteiger partial charge in [-0.3, -0.25) is 0 Å². The molecule has 0 spiro atoms. The molecule has 0 saturated heterocycles. The van der Waals surface area contributed by atoms with Crippen LogP contribution in [-0.2, 0) is 0 Å². The minimum Gasteiger partial charge on any atom is -0.318 e. The van der Waals surface area contributed by atoms with Gasteiger partial charge in [-0.1, -0.05) is 17.5 Å². The van der Waals surface area contributed by atoms with Gasteiger partial charge in [0.1, 0.15) is 5.69 Å². The molecule has 0 aliphatic rings. The SMILES string of the molecule is CC(N)C#Cc1ncccc1Cl. The van der Waals surface area contributed by atoms with E-state index in [9.17, 15) is 0 Å². The Labute approximate surface area is 76.8 Å². The van der Waals surface area contributed by atoms with Gasteiger partial charge >= 0.3 is 0 Å². The van der Waals surface area contributed by atoms with Gasteiger partial charge in [-0.2, -0.15) is 0 Å². The van der Waals surface area contributed by atoms with E-state index in [4.69, 9.17) is 17.3 Å². The Morgan fingerprint density at radius 2 is 2.42 bits per heavy atom. The summed E-state index contributed by atoms with van der Waals surface area (Å²) < 4.78 is 0. The van der Waals surface area contributed by atoms with Crippen LogP contribution >= 0.6 is 11.6 Å². The molecule has 0 fully saturated rings. The molecule has 3 heteroatoms. The molecule has 12 heavy (non-hydrogen) atoms. The molecule has 0 aromatic carbocycles. The standard InChI is InChI=1S/C9H9ClN2/c1-7(11)4-5-9-8(10)3-2-6-12-9/h2-3,6-7H,11H2,1H3. The zero-order chi connectivity index (χ0) is 8.97. The predicted octanol–water partition coefficient (Wildman–Crippen LogP) is 1.43. The first kappa shape index (κ1) is 9.05. The van der Waals surface area contributed by atoms with E-state index in [1.54, 1.807) is 18.3 Å². The smallest absolute Gasteiger partial charge is 0.131 e. The third-order valence-corrected chi connectivity index (χ3v) is 1.48. The van der Waals surface area contributed by atoms with Gasteiger partial charge < -0.3 is 5.73 Å². The van der Waals surface area contributed by atoms with E-state index >= 15 is 0 Å².